The van der Waals surface area contributed by atoms with Crippen molar-refractivity contribution in [2.45, 2.75) is 13.8 Å². The topological polar surface area (TPSA) is 82.3 Å². The third kappa shape index (κ3) is 2.48. The van der Waals surface area contributed by atoms with Crippen molar-refractivity contribution < 1.29 is 9.47 Å². The van der Waals surface area contributed by atoms with Gasteiger partial charge in [-0.3, -0.25) is 0 Å². The van der Waals surface area contributed by atoms with Crippen LogP contribution in [0.3, 0.4) is 0 Å². The SMILES string of the molecule is Cc1nc(-c2cc(Cl)c3c(c2)OCCO3)nc(NN)c1C. The molecule has 1 aromatic carbocycles. The normalized spacial score (nSPS) is 13.1. The second kappa shape index (κ2) is 5.38. The molecule has 0 bridgehead atoms. The van der Waals surface area contributed by atoms with Crippen molar-refractivity contribution >= 4 is 17.4 Å². The summed E-state index contributed by atoms with van der Waals surface area (Å²) in [4.78, 5) is 8.89. The van der Waals surface area contributed by atoms with E-state index in [4.69, 9.17) is 26.9 Å². The zero-order valence-corrected chi connectivity index (χ0v) is 12.5. The summed E-state index contributed by atoms with van der Waals surface area (Å²) in [7, 11) is 0. The predicted molar refractivity (Wildman–Crippen MR) is 80.8 cm³/mol. The zero-order chi connectivity index (χ0) is 15.0. The van der Waals surface area contributed by atoms with E-state index in [1.54, 1.807) is 6.07 Å². The summed E-state index contributed by atoms with van der Waals surface area (Å²) in [6.07, 6.45) is 0. The summed E-state index contributed by atoms with van der Waals surface area (Å²) in [5.41, 5.74) is 5.09. The van der Waals surface area contributed by atoms with Gasteiger partial charge in [0.25, 0.3) is 0 Å². The average Bonchev–Trinajstić information content (AvgIpc) is 2.50. The highest BCUT2D eigenvalue weighted by atomic mass is 35.5. The van der Waals surface area contributed by atoms with Crippen molar-refractivity contribution in [1.82, 2.24) is 9.97 Å². The average molecular weight is 307 g/mol. The summed E-state index contributed by atoms with van der Waals surface area (Å²) in [6.45, 7) is 4.80. The number of nitrogens with zero attached hydrogens (tertiary/aromatic N) is 2. The van der Waals surface area contributed by atoms with Crippen LogP contribution in [0.4, 0.5) is 5.82 Å². The second-order valence-electron chi connectivity index (χ2n) is 4.73. The molecule has 0 saturated heterocycles. The Labute approximate surface area is 127 Å². The van der Waals surface area contributed by atoms with Crippen molar-refractivity contribution in [2.75, 3.05) is 18.6 Å². The van der Waals surface area contributed by atoms with Crippen molar-refractivity contribution in [1.29, 1.82) is 0 Å². The van der Waals surface area contributed by atoms with Crippen LogP contribution in [0.2, 0.25) is 5.02 Å². The molecule has 0 radical (unpaired) electrons. The number of halogens is 1. The molecule has 0 unspecified atom stereocenters. The van der Waals surface area contributed by atoms with Crippen LogP contribution < -0.4 is 20.7 Å². The molecule has 6 nitrogen and oxygen atoms in total. The molecule has 7 heteroatoms. The molecule has 3 N–H and O–H groups in total. The maximum absolute atomic E-state index is 6.24. The third-order valence-electron chi connectivity index (χ3n) is 3.38. The standard InChI is InChI=1S/C14H15ClN4O2/c1-7-8(2)17-14(18-13(7)19-16)9-5-10(15)12-11(6-9)20-3-4-21-12/h5-6H,3-4,16H2,1-2H3,(H,17,18,19). The Kier molecular flexibility index (Phi) is 3.57. The number of aryl methyl sites for hydroxylation is 1. The van der Waals surface area contributed by atoms with Crippen LogP contribution in [0, 0.1) is 13.8 Å². The first-order valence-electron chi connectivity index (χ1n) is 6.51. The molecule has 1 aromatic heterocycles. The molecule has 0 spiro atoms. The number of rotatable bonds is 2. The Morgan fingerprint density at radius 1 is 1.19 bits per heavy atom. The van der Waals surface area contributed by atoms with Crippen molar-refractivity contribution in [3.05, 3.63) is 28.4 Å². The van der Waals surface area contributed by atoms with Gasteiger partial charge < -0.3 is 14.9 Å². The third-order valence-corrected chi connectivity index (χ3v) is 3.66. The van der Waals surface area contributed by atoms with E-state index in [-0.39, 0.29) is 0 Å². The molecule has 2 aromatic rings. The summed E-state index contributed by atoms with van der Waals surface area (Å²) >= 11 is 6.24. The largest absolute Gasteiger partial charge is 0.486 e. The Balaban J connectivity index is 2.13. The highest BCUT2D eigenvalue weighted by molar-refractivity contribution is 6.32. The minimum atomic E-state index is 0.478. The van der Waals surface area contributed by atoms with E-state index in [0.717, 1.165) is 16.8 Å². The van der Waals surface area contributed by atoms with Crippen molar-refractivity contribution in [2.24, 2.45) is 5.84 Å². The molecule has 110 valence electrons. The van der Waals surface area contributed by atoms with Gasteiger partial charge in [0, 0.05) is 16.8 Å². The highest BCUT2D eigenvalue weighted by Crippen LogP contribution is 2.40. The lowest BCUT2D eigenvalue weighted by Crippen LogP contribution is -2.16. The van der Waals surface area contributed by atoms with E-state index >= 15 is 0 Å². The number of anilines is 1. The van der Waals surface area contributed by atoms with Crippen LogP contribution in [0.15, 0.2) is 12.1 Å². The van der Waals surface area contributed by atoms with E-state index in [1.165, 1.54) is 0 Å². The van der Waals surface area contributed by atoms with Gasteiger partial charge >= 0.3 is 0 Å². The van der Waals surface area contributed by atoms with Gasteiger partial charge in [0.2, 0.25) is 0 Å². The van der Waals surface area contributed by atoms with Gasteiger partial charge in [-0.05, 0) is 26.0 Å². The van der Waals surface area contributed by atoms with Gasteiger partial charge in [0.1, 0.15) is 19.0 Å². The van der Waals surface area contributed by atoms with Gasteiger partial charge in [-0.25, -0.2) is 15.8 Å². The smallest absolute Gasteiger partial charge is 0.179 e. The highest BCUT2D eigenvalue weighted by Gasteiger charge is 2.19. The molecular weight excluding hydrogens is 292 g/mol. The summed E-state index contributed by atoms with van der Waals surface area (Å²) < 4.78 is 11.1. The number of nitrogen functional groups attached to an aromatic ring is 1. The molecule has 3 rings (SSSR count). The molecule has 1 aliphatic rings. The first kappa shape index (κ1) is 13.9. The predicted octanol–water partition coefficient (Wildman–Crippen LogP) is 2.47. The Morgan fingerprint density at radius 3 is 2.71 bits per heavy atom. The van der Waals surface area contributed by atoms with Crippen molar-refractivity contribution in [3.63, 3.8) is 0 Å². The van der Waals surface area contributed by atoms with Crippen LogP contribution in [-0.4, -0.2) is 23.2 Å². The lowest BCUT2D eigenvalue weighted by atomic mass is 10.1. The zero-order valence-electron chi connectivity index (χ0n) is 11.7. The number of nitrogens with two attached hydrogens (primary N) is 1. The maximum Gasteiger partial charge on any atom is 0.179 e. The van der Waals surface area contributed by atoms with Gasteiger partial charge in [0.05, 0.1) is 5.02 Å². The fourth-order valence-corrected chi connectivity index (χ4v) is 2.40. The fraction of sp³-hybridized carbons (Fsp3) is 0.286. The molecule has 21 heavy (non-hydrogen) atoms. The van der Waals surface area contributed by atoms with Crippen LogP contribution in [0.1, 0.15) is 11.3 Å². The first-order chi connectivity index (χ1) is 10.1. The Bertz CT molecular complexity index is 706. The molecule has 2 heterocycles. The van der Waals surface area contributed by atoms with Crippen LogP contribution in [0.25, 0.3) is 11.4 Å². The van der Waals surface area contributed by atoms with Crippen LogP contribution in [-0.2, 0) is 0 Å². The fourth-order valence-electron chi connectivity index (χ4n) is 2.14. The molecule has 0 atom stereocenters. The number of benzene rings is 1. The van der Waals surface area contributed by atoms with Gasteiger partial charge in [-0.2, -0.15) is 0 Å². The lowest BCUT2D eigenvalue weighted by molar-refractivity contribution is 0.172. The number of nitrogens with one attached hydrogen (secondary N) is 1. The number of ether oxygens (including phenoxy) is 2. The summed E-state index contributed by atoms with van der Waals surface area (Å²) in [5, 5.41) is 0.478. The molecule has 1 aliphatic heterocycles. The molecular formula is C14H15ClN4O2. The second-order valence-corrected chi connectivity index (χ2v) is 5.14. The summed E-state index contributed by atoms with van der Waals surface area (Å²) in [6, 6.07) is 3.59. The molecule has 0 amide bonds. The van der Waals surface area contributed by atoms with Gasteiger partial charge in [-0.15, -0.1) is 0 Å². The quantitative estimate of drug-likeness (QED) is 0.655. The van der Waals surface area contributed by atoms with E-state index in [1.807, 2.05) is 19.9 Å². The summed E-state index contributed by atoms with van der Waals surface area (Å²) in [5.74, 6) is 7.78. The Hall–Kier alpha value is -2.05. The van der Waals surface area contributed by atoms with Crippen LogP contribution >= 0.6 is 11.6 Å². The molecule has 0 saturated carbocycles. The Morgan fingerprint density at radius 2 is 1.95 bits per heavy atom. The monoisotopic (exact) mass is 306 g/mol. The van der Waals surface area contributed by atoms with E-state index in [9.17, 15) is 0 Å². The van der Waals surface area contributed by atoms with E-state index < -0.39 is 0 Å². The number of fused-ring (bicyclic) bond motifs is 1. The number of hydrogen-bond acceptors (Lipinski definition) is 6. The number of hydrogen-bond donors (Lipinski definition) is 2. The van der Waals surface area contributed by atoms with E-state index in [2.05, 4.69) is 15.4 Å². The minimum Gasteiger partial charge on any atom is -0.486 e. The van der Waals surface area contributed by atoms with E-state index in [0.29, 0.717) is 41.4 Å². The molecule has 0 aliphatic carbocycles. The van der Waals surface area contributed by atoms with Crippen molar-refractivity contribution in [3.8, 4) is 22.9 Å². The molecule has 0 fully saturated rings. The maximum atomic E-state index is 6.24. The first-order valence-corrected chi connectivity index (χ1v) is 6.89. The minimum absolute atomic E-state index is 0.478. The number of hydrazine groups is 1. The van der Waals surface area contributed by atoms with Gasteiger partial charge in [-0.1, -0.05) is 11.6 Å². The number of aromatic nitrogens is 2. The van der Waals surface area contributed by atoms with Crippen LogP contribution in [0.5, 0.6) is 11.5 Å². The lowest BCUT2D eigenvalue weighted by Gasteiger charge is -2.20. The van der Waals surface area contributed by atoms with Gasteiger partial charge in [0.15, 0.2) is 17.3 Å².